The molecule has 0 bridgehead atoms. The van der Waals surface area contributed by atoms with E-state index in [4.69, 9.17) is 14.2 Å². The Bertz CT molecular complexity index is 1360. The molecular formula is C29H29N3O7. The highest BCUT2D eigenvalue weighted by Crippen LogP contribution is 2.36. The first-order valence-electron chi connectivity index (χ1n) is 12.3. The number of nitrogens with zero attached hydrogens (tertiary/aromatic N) is 2. The number of fused-ring (bicyclic) bond motifs is 1. The number of carbonyl (C=O) groups excluding carboxylic acids is 4. The summed E-state index contributed by atoms with van der Waals surface area (Å²) in [7, 11) is 0. The van der Waals surface area contributed by atoms with Gasteiger partial charge in [0.15, 0.2) is 0 Å². The molecule has 4 rings (SSSR count). The first-order chi connectivity index (χ1) is 18.6. The molecule has 0 saturated heterocycles. The van der Waals surface area contributed by atoms with Gasteiger partial charge in [0.25, 0.3) is 0 Å². The normalized spacial score (nSPS) is 16.1. The number of hydrogen-bond donors (Lipinski definition) is 1. The van der Waals surface area contributed by atoms with Gasteiger partial charge in [0.1, 0.15) is 18.8 Å². The lowest BCUT2D eigenvalue weighted by molar-refractivity contribution is -0.166. The lowest BCUT2D eigenvalue weighted by Gasteiger charge is -2.37. The minimum atomic E-state index is -2.32. The Morgan fingerprint density at radius 3 is 2.05 bits per heavy atom. The van der Waals surface area contributed by atoms with Crippen LogP contribution >= 0.6 is 0 Å². The number of aromatic nitrogens is 1. The van der Waals surface area contributed by atoms with E-state index < -0.39 is 35.1 Å². The summed E-state index contributed by atoms with van der Waals surface area (Å²) < 4.78 is 16.3. The summed E-state index contributed by atoms with van der Waals surface area (Å²) in [5.41, 5.74) is 0.711. The fourth-order valence-electron chi connectivity index (χ4n) is 4.06. The number of benzene rings is 2. The van der Waals surface area contributed by atoms with Crippen molar-refractivity contribution in [3.63, 3.8) is 0 Å². The molecule has 1 aromatic heterocycles. The summed E-state index contributed by atoms with van der Waals surface area (Å²) in [6.45, 7) is 4.59. The molecule has 0 fully saturated rings. The Morgan fingerprint density at radius 2 is 1.49 bits per heavy atom. The highest BCUT2D eigenvalue weighted by atomic mass is 16.6. The molecule has 10 nitrogen and oxygen atoms in total. The second-order valence-corrected chi connectivity index (χ2v) is 9.91. The third kappa shape index (κ3) is 6.23. The first kappa shape index (κ1) is 27.3. The van der Waals surface area contributed by atoms with Crippen LogP contribution in [0.15, 0.2) is 79.0 Å². The maximum Gasteiger partial charge on any atom is 0.430 e. The first-order valence-corrected chi connectivity index (χ1v) is 12.3. The molecule has 202 valence electrons. The zero-order chi connectivity index (χ0) is 28.0. The number of ether oxygens (including phenoxy) is 3. The van der Waals surface area contributed by atoms with Gasteiger partial charge in [-0.25, -0.2) is 19.8 Å². The van der Waals surface area contributed by atoms with Crippen molar-refractivity contribution in [2.75, 3.05) is 0 Å². The summed E-state index contributed by atoms with van der Waals surface area (Å²) in [5, 5.41) is 0.571. The smallest absolute Gasteiger partial charge is 0.430 e. The highest BCUT2D eigenvalue weighted by molar-refractivity contribution is 6.21. The molecular weight excluding hydrogens is 502 g/mol. The van der Waals surface area contributed by atoms with Crippen LogP contribution in [0.4, 0.5) is 9.59 Å². The number of nitrogens with one attached hydrogen (secondary N) is 1. The van der Waals surface area contributed by atoms with Crippen molar-refractivity contribution in [1.82, 2.24) is 15.4 Å². The monoisotopic (exact) mass is 531 g/mol. The Morgan fingerprint density at radius 1 is 0.897 bits per heavy atom. The van der Waals surface area contributed by atoms with Crippen LogP contribution in [0.5, 0.6) is 0 Å². The molecule has 39 heavy (non-hydrogen) atoms. The molecule has 0 saturated carbocycles. The van der Waals surface area contributed by atoms with Gasteiger partial charge in [-0.05, 0) is 44.0 Å². The van der Waals surface area contributed by atoms with Crippen LogP contribution < -0.4 is 5.43 Å². The summed E-state index contributed by atoms with van der Waals surface area (Å²) in [6, 6.07) is 20.7. The molecule has 10 heteroatoms. The molecule has 1 N–H and O–H groups in total. The van der Waals surface area contributed by atoms with Crippen LogP contribution in [-0.4, -0.2) is 45.1 Å². The fourth-order valence-corrected chi connectivity index (χ4v) is 4.06. The van der Waals surface area contributed by atoms with E-state index >= 15 is 0 Å². The lowest BCUT2D eigenvalue weighted by atomic mass is 9.93. The van der Waals surface area contributed by atoms with E-state index in [2.05, 4.69) is 10.4 Å². The topological polar surface area (TPSA) is 124 Å². The molecule has 2 aromatic carbocycles. The summed E-state index contributed by atoms with van der Waals surface area (Å²) in [6.07, 6.45) is -1.09. The predicted octanol–water partition coefficient (Wildman–Crippen LogP) is 4.38. The van der Waals surface area contributed by atoms with E-state index in [0.29, 0.717) is 16.1 Å². The van der Waals surface area contributed by atoms with Gasteiger partial charge in [-0.1, -0.05) is 60.7 Å². The number of carbonyl (C=O) groups is 4. The fraction of sp³-hybridized carbons (Fsp3) is 0.276. The van der Waals surface area contributed by atoms with Crippen molar-refractivity contribution < 1.29 is 33.4 Å². The molecule has 0 unspecified atom stereocenters. The van der Waals surface area contributed by atoms with Gasteiger partial charge in [-0.15, -0.1) is 0 Å². The molecule has 1 aliphatic rings. The van der Waals surface area contributed by atoms with Crippen LogP contribution in [-0.2, 0) is 38.6 Å². The number of rotatable bonds is 6. The largest absolute Gasteiger partial charge is 0.458 e. The summed E-state index contributed by atoms with van der Waals surface area (Å²) in [5.74, 6) is -1.81. The molecule has 0 spiro atoms. The van der Waals surface area contributed by atoms with E-state index in [1.165, 1.54) is 12.3 Å². The Balaban J connectivity index is 1.68. The number of hydrazine groups is 1. The second-order valence-electron chi connectivity index (χ2n) is 9.91. The highest BCUT2D eigenvalue weighted by Gasteiger charge is 2.61. The predicted molar refractivity (Wildman–Crippen MR) is 139 cm³/mol. The van der Waals surface area contributed by atoms with Gasteiger partial charge in [0.05, 0.1) is 5.69 Å². The third-order valence-corrected chi connectivity index (χ3v) is 5.86. The SMILES string of the molecule is CC(C)(C)OC(=O)[C@]1(N(NC(=O)OCc2ccccc2)C(=O)OCc2ccccc2)Cc2ncccc2C1=O. The molecule has 1 aliphatic carbocycles. The van der Waals surface area contributed by atoms with Gasteiger partial charge in [0.2, 0.25) is 11.3 Å². The van der Waals surface area contributed by atoms with E-state index in [1.807, 2.05) is 6.07 Å². The number of Topliss-reactive ketones (excluding diaryl/α,β-unsaturated/α-hetero) is 1. The van der Waals surface area contributed by atoms with Crippen molar-refractivity contribution in [2.24, 2.45) is 0 Å². The average Bonchev–Trinajstić information content (AvgIpc) is 3.22. The minimum Gasteiger partial charge on any atom is -0.458 e. The Kier molecular flexibility index (Phi) is 7.94. The maximum atomic E-state index is 13.8. The number of ketones is 1. The molecule has 0 aliphatic heterocycles. The van der Waals surface area contributed by atoms with Gasteiger partial charge < -0.3 is 14.2 Å². The minimum absolute atomic E-state index is 0.116. The van der Waals surface area contributed by atoms with Crippen molar-refractivity contribution in [3.8, 4) is 0 Å². The van der Waals surface area contributed by atoms with Crippen LogP contribution in [0, 0.1) is 0 Å². The van der Waals surface area contributed by atoms with E-state index in [0.717, 1.165) is 0 Å². The molecule has 2 amide bonds. The molecule has 0 radical (unpaired) electrons. The zero-order valence-electron chi connectivity index (χ0n) is 21.9. The Hall–Kier alpha value is -4.73. The van der Waals surface area contributed by atoms with Crippen LogP contribution in [0.3, 0.4) is 0 Å². The van der Waals surface area contributed by atoms with Gasteiger partial charge >= 0.3 is 18.2 Å². The lowest BCUT2D eigenvalue weighted by Crippen LogP contribution is -2.68. The van der Waals surface area contributed by atoms with Gasteiger partial charge in [-0.3, -0.25) is 9.78 Å². The van der Waals surface area contributed by atoms with Crippen molar-refractivity contribution in [2.45, 2.75) is 51.5 Å². The van der Waals surface area contributed by atoms with Crippen LogP contribution in [0.1, 0.15) is 48.0 Å². The third-order valence-electron chi connectivity index (χ3n) is 5.86. The van der Waals surface area contributed by atoms with Crippen molar-refractivity contribution in [1.29, 1.82) is 0 Å². The number of pyridine rings is 1. The standard InChI is InChI=1S/C29H29N3O7/c1-28(2,3)39-25(34)29(17-23-22(24(29)33)15-10-16-30-23)32(27(36)38-19-21-13-8-5-9-14-21)31-26(35)37-18-20-11-6-4-7-12-20/h4-16H,17-19H2,1-3H3,(H,31,35)/t29-/m0/s1. The Labute approximate surface area is 225 Å². The average molecular weight is 532 g/mol. The summed E-state index contributed by atoms with van der Waals surface area (Å²) in [4.78, 5) is 58.3. The van der Waals surface area contributed by atoms with Crippen LogP contribution in [0.25, 0.3) is 0 Å². The molecule has 1 atom stereocenters. The quantitative estimate of drug-likeness (QED) is 0.215. The second kappa shape index (κ2) is 11.3. The van der Waals surface area contributed by atoms with Gasteiger partial charge in [0, 0.05) is 18.2 Å². The maximum absolute atomic E-state index is 13.8. The number of amides is 2. The number of esters is 1. The molecule has 3 aromatic rings. The molecule has 1 heterocycles. The van der Waals surface area contributed by atoms with Crippen molar-refractivity contribution >= 4 is 23.9 Å². The van der Waals surface area contributed by atoms with E-state index in [-0.39, 0.29) is 30.9 Å². The summed E-state index contributed by atoms with van der Waals surface area (Å²) >= 11 is 0. The van der Waals surface area contributed by atoms with Crippen molar-refractivity contribution in [3.05, 3.63) is 101 Å². The zero-order valence-corrected chi connectivity index (χ0v) is 21.9. The van der Waals surface area contributed by atoms with Gasteiger partial charge in [-0.2, -0.15) is 5.01 Å². The van der Waals surface area contributed by atoms with E-state index in [9.17, 15) is 19.2 Å². The van der Waals surface area contributed by atoms with Crippen LogP contribution in [0.2, 0.25) is 0 Å². The van der Waals surface area contributed by atoms with E-state index in [1.54, 1.807) is 81.4 Å². The number of hydrogen-bond acceptors (Lipinski definition) is 8.